The molecule has 3 rings (SSSR count). The highest BCUT2D eigenvalue weighted by Crippen LogP contribution is 2.24. The number of nitrogens with one attached hydrogen (secondary N) is 1. The predicted octanol–water partition coefficient (Wildman–Crippen LogP) is 3.65. The van der Waals surface area contributed by atoms with Gasteiger partial charge in [-0.2, -0.15) is 5.10 Å². The normalized spacial score (nSPS) is 10.7. The third-order valence-electron chi connectivity index (χ3n) is 3.33. The van der Waals surface area contributed by atoms with Gasteiger partial charge in [0.2, 0.25) is 0 Å². The van der Waals surface area contributed by atoms with Crippen molar-refractivity contribution in [1.82, 2.24) is 19.7 Å². The second-order valence-electron chi connectivity index (χ2n) is 4.92. The minimum Gasteiger partial charge on any atom is -0.325 e. The third kappa shape index (κ3) is 2.96. The summed E-state index contributed by atoms with van der Waals surface area (Å²) in [5.41, 5.74) is 3.03. The van der Waals surface area contributed by atoms with Gasteiger partial charge in [-0.25, -0.2) is 9.97 Å². The van der Waals surface area contributed by atoms with E-state index in [4.69, 9.17) is 0 Å². The van der Waals surface area contributed by atoms with Crippen molar-refractivity contribution in [3.63, 3.8) is 0 Å². The van der Waals surface area contributed by atoms with Gasteiger partial charge in [-0.15, -0.1) is 0 Å². The van der Waals surface area contributed by atoms with Crippen molar-refractivity contribution in [2.24, 2.45) is 7.05 Å². The molecule has 0 aliphatic heterocycles. The first-order valence-corrected chi connectivity index (χ1v) is 8.14. The molecule has 0 aliphatic carbocycles. The van der Waals surface area contributed by atoms with E-state index in [1.54, 1.807) is 0 Å². The highest BCUT2D eigenvalue weighted by Gasteiger charge is 2.10. The first kappa shape index (κ1) is 14.6. The molecule has 2 aromatic heterocycles. The van der Waals surface area contributed by atoms with Crippen molar-refractivity contribution in [1.29, 1.82) is 0 Å². The van der Waals surface area contributed by atoms with Crippen LogP contribution in [0.2, 0.25) is 0 Å². The third-order valence-corrected chi connectivity index (χ3v) is 3.89. The lowest BCUT2D eigenvalue weighted by Crippen LogP contribution is -2.03. The Kier molecular flexibility index (Phi) is 4.11. The van der Waals surface area contributed by atoms with Crippen LogP contribution in [0.5, 0.6) is 0 Å². The Morgan fingerprint density at radius 3 is 2.68 bits per heavy atom. The summed E-state index contributed by atoms with van der Waals surface area (Å²) in [5, 5.41) is 8.64. The number of aryl methyl sites for hydroxylation is 2. The van der Waals surface area contributed by atoms with E-state index < -0.39 is 0 Å². The molecular formula is C16H17N5S. The minimum atomic E-state index is 0.749. The van der Waals surface area contributed by atoms with Crippen LogP contribution in [0.1, 0.15) is 5.56 Å². The van der Waals surface area contributed by atoms with E-state index in [0.717, 1.165) is 33.6 Å². The molecule has 0 spiro atoms. The number of rotatable bonds is 4. The van der Waals surface area contributed by atoms with E-state index in [1.807, 2.05) is 67.5 Å². The van der Waals surface area contributed by atoms with E-state index >= 15 is 0 Å². The van der Waals surface area contributed by atoms with Gasteiger partial charge in [0.1, 0.15) is 11.6 Å². The zero-order valence-electron chi connectivity index (χ0n) is 12.7. The molecule has 0 atom stereocenters. The zero-order chi connectivity index (χ0) is 15.5. The Morgan fingerprint density at radius 2 is 1.95 bits per heavy atom. The van der Waals surface area contributed by atoms with Crippen LogP contribution in [-0.4, -0.2) is 26.0 Å². The molecule has 0 saturated carbocycles. The molecule has 0 aliphatic rings. The molecule has 5 nitrogen and oxygen atoms in total. The fraction of sp³-hybridized carbons (Fsp3) is 0.188. The molecular weight excluding hydrogens is 294 g/mol. The largest absolute Gasteiger partial charge is 0.325 e. The van der Waals surface area contributed by atoms with Gasteiger partial charge in [-0.05, 0) is 13.2 Å². The van der Waals surface area contributed by atoms with Crippen molar-refractivity contribution in [3.8, 4) is 11.3 Å². The van der Waals surface area contributed by atoms with Crippen LogP contribution in [0.4, 0.5) is 11.6 Å². The number of thioether (sulfide) groups is 1. The Hall–Kier alpha value is -2.34. The van der Waals surface area contributed by atoms with E-state index in [1.165, 1.54) is 11.8 Å². The van der Waals surface area contributed by atoms with Gasteiger partial charge in [-0.3, -0.25) is 4.68 Å². The van der Waals surface area contributed by atoms with Gasteiger partial charge in [-0.1, -0.05) is 42.1 Å². The van der Waals surface area contributed by atoms with Crippen LogP contribution >= 0.6 is 11.8 Å². The lowest BCUT2D eigenvalue weighted by atomic mass is 10.1. The second kappa shape index (κ2) is 6.19. The molecule has 0 fully saturated rings. The molecule has 0 bridgehead atoms. The van der Waals surface area contributed by atoms with E-state index in [2.05, 4.69) is 20.4 Å². The van der Waals surface area contributed by atoms with Crippen LogP contribution in [0, 0.1) is 6.92 Å². The van der Waals surface area contributed by atoms with Crippen molar-refractivity contribution >= 4 is 23.4 Å². The number of benzene rings is 1. The Bertz CT molecular complexity index is 782. The maximum atomic E-state index is 4.55. The highest BCUT2D eigenvalue weighted by atomic mass is 32.2. The lowest BCUT2D eigenvalue weighted by Gasteiger charge is -2.08. The Labute approximate surface area is 133 Å². The Balaban J connectivity index is 1.92. The molecule has 0 saturated heterocycles. The first-order chi connectivity index (χ1) is 10.7. The van der Waals surface area contributed by atoms with Crippen LogP contribution in [0.3, 0.4) is 0 Å². The quantitative estimate of drug-likeness (QED) is 0.589. The van der Waals surface area contributed by atoms with Crippen molar-refractivity contribution in [2.75, 3.05) is 11.6 Å². The summed E-state index contributed by atoms with van der Waals surface area (Å²) in [4.78, 5) is 8.77. The number of anilines is 2. The summed E-state index contributed by atoms with van der Waals surface area (Å²) in [5.74, 6) is 1.70. The summed E-state index contributed by atoms with van der Waals surface area (Å²) in [7, 11) is 1.92. The first-order valence-electron chi connectivity index (χ1n) is 6.91. The monoisotopic (exact) mass is 311 g/mol. The molecule has 0 amide bonds. The maximum Gasteiger partial charge on any atom is 0.189 e. The average molecular weight is 311 g/mol. The number of nitrogens with zero attached hydrogens (tertiary/aromatic N) is 4. The Morgan fingerprint density at radius 1 is 1.18 bits per heavy atom. The lowest BCUT2D eigenvalue weighted by molar-refractivity contribution is 0.778. The summed E-state index contributed by atoms with van der Waals surface area (Å²) in [6.07, 6.45) is 3.79. The summed E-state index contributed by atoms with van der Waals surface area (Å²) in [6.45, 7) is 1.99. The molecule has 22 heavy (non-hydrogen) atoms. The van der Waals surface area contributed by atoms with Gasteiger partial charge in [0.25, 0.3) is 0 Å². The van der Waals surface area contributed by atoms with Gasteiger partial charge >= 0.3 is 0 Å². The maximum absolute atomic E-state index is 4.55. The second-order valence-corrected chi connectivity index (χ2v) is 5.69. The van der Waals surface area contributed by atoms with Gasteiger partial charge in [0, 0.05) is 30.4 Å². The van der Waals surface area contributed by atoms with Crippen molar-refractivity contribution < 1.29 is 0 Å². The molecule has 0 unspecified atom stereocenters. The van der Waals surface area contributed by atoms with Gasteiger partial charge in [0.15, 0.2) is 5.16 Å². The van der Waals surface area contributed by atoms with E-state index in [9.17, 15) is 0 Å². The van der Waals surface area contributed by atoms with Gasteiger partial charge < -0.3 is 5.32 Å². The highest BCUT2D eigenvalue weighted by molar-refractivity contribution is 7.98. The van der Waals surface area contributed by atoms with Crippen molar-refractivity contribution in [2.45, 2.75) is 12.1 Å². The molecule has 2 heterocycles. The van der Waals surface area contributed by atoms with Crippen LogP contribution in [-0.2, 0) is 7.05 Å². The SMILES string of the molecule is CSc1ncc(C)c(Nc2cc(-c3ccccc3)nn2C)n1. The molecule has 3 aromatic rings. The van der Waals surface area contributed by atoms with Crippen LogP contribution in [0.25, 0.3) is 11.3 Å². The van der Waals surface area contributed by atoms with Crippen LogP contribution in [0.15, 0.2) is 47.8 Å². The summed E-state index contributed by atoms with van der Waals surface area (Å²) < 4.78 is 1.82. The van der Waals surface area contributed by atoms with E-state index in [0.29, 0.717) is 0 Å². The standard InChI is InChI=1S/C16H17N5S/c1-11-10-17-16(22-3)19-15(11)18-14-9-13(20-21(14)2)12-7-5-4-6-8-12/h4-10H,1-3H3,(H,17,18,19). The van der Waals surface area contributed by atoms with E-state index in [-0.39, 0.29) is 0 Å². The zero-order valence-corrected chi connectivity index (χ0v) is 13.6. The fourth-order valence-electron chi connectivity index (χ4n) is 2.11. The van der Waals surface area contributed by atoms with Crippen molar-refractivity contribution in [3.05, 3.63) is 48.2 Å². The molecule has 0 radical (unpaired) electrons. The molecule has 1 aromatic carbocycles. The predicted molar refractivity (Wildman–Crippen MR) is 90.5 cm³/mol. The fourth-order valence-corrected chi connectivity index (χ4v) is 2.45. The summed E-state index contributed by atoms with van der Waals surface area (Å²) >= 11 is 1.52. The average Bonchev–Trinajstić information content (AvgIpc) is 2.91. The van der Waals surface area contributed by atoms with Crippen LogP contribution < -0.4 is 5.32 Å². The smallest absolute Gasteiger partial charge is 0.189 e. The topological polar surface area (TPSA) is 55.6 Å². The number of aromatic nitrogens is 4. The van der Waals surface area contributed by atoms with Gasteiger partial charge in [0.05, 0.1) is 5.69 Å². The molecule has 6 heteroatoms. The minimum absolute atomic E-state index is 0.749. The molecule has 1 N–H and O–H groups in total. The number of hydrogen-bond acceptors (Lipinski definition) is 5. The molecule has 112 valence electrons. The summed E-state index contributed by atoms with van der Waals surface area (Å²) in [6, 6.07) is 12.1. The number of hydrogen-bond donors (Lipinski definition) is 1.